The van der Waals surface area contributed by atoms with Crippen molar-refractivity contribution < 1.29 is 4.74 Å². The van der Waals surface area contributed by atoms with E-state index in [9.17, 15) is 0 Å². The Morgan fingerprint density at radius 2 is 1.77 bits per heavy atom. The molecule has 2 aliphatic rings. The summed E-state index contributed by atoms with van der Waals surface area (Å²) in [6.07, 6.45) is 1.28. The van der Waals surface area contributed by atoms with Gasteiger partial charge in [-0.25, -0.2) is 4.68 Å². The summed E-state index contributed by atoms with van der Waals surface area (Å²) in [7, 11) is 0. The Hall–Kier alpha value is -3.09. The summed E-state index contributed by atoms with van der Waals surface area (Å²) < 4.78 is 9.52. The van der Waals surface area contributed by atoms with Gasteiger partial charge in [0.25, 0.3) is 0 Å². The average molecular weight is 492 g/mol. The molecular formula is C24H16BrClN4O. The van der Waals surface area contributed by atoms with Crippen molar-refractivity contribution in [3.05, 3.63) is 111 Å². The van der Waals surface area contributed by atoms with E-state index in [1.807, 2.05) is 53.2 Å². The van der Waals surface area contributed by atoms with Crippen molar-refractivity contribution in [3.63, 3.8) is 0 Å². The number of ether oxygens (including phenoxy) is 1. The van der Waals surface area contributed by atoms with E-state index in [4.69, 9.17) is 16.3 Å². The van der Waals surface area contributed by atoms with Crippen LogP contribution in [0.4, 0.5) is 5.95 Å². The average Bonchev–Trinajstić information content (AvgIpc) is 3.27. The van der Waals surface area contributed by atoms with Gasteiger partial charge >= 0.3 is 0 Å². The molecule has 3 aromatic carbocycles. The van der Waals surface area contributed by atoms with Crippen LogP contribution in [-0.2, 0) is 0 Å². The fraction of sp³-hybridized carbons (Fsp3) is 0.0833. The van der Waals surface area contributed by atoms with Gasteiger partial charge in [0.1, 0.15) is 24.2 Å². The minimum atomic E-state index is -0.289. The molecule has 1 N–H and O–H groups in total. The Kier molecular flexibility index (Phi) is 4.37. The van der Waals surface area contributed by atoms with E-state index >= 15 is 0 Å². The van der Waals surface area contributed by atoms with Crippen LogP contribution in [0.25, 0.3) is 5.70 Å². The molecule has 31 heavy (non-hydrogen) atoms. The smallest absolute Gasteiger partial charge is 0.226 e. The molecule has 0 saturated carbocycles. The van der Waals surface area contributed by atoms with E-state index in [2.05, 4.69) is 55.6 Å². The molecule has 6 rings (SSSR count). The Labute approximate surface area is 192 Å². The van der Waals surface area contributed by atoms with Crippen LogP contribution < -0.4 is 10.1 Å². The molecule has 152 valence electrons. The highest BCUT2D eigenvalue weighted by molar-refractivity contribution is 9.10. The molecule has 5 nitrogen and oxygen atoms in total. The lowest BCUT2D eigenvalue weighted by Crippen LogP contribution is -2.32. The molecule has 0 radical (unpaired) electrons. The highest BCUT2D eigenvalue weighted by Crippen LogP contribution is 2.51. The summed E-state index contributed by atoms with van der Waals surface area (Å²) in [4.78, 5) is 4.46. The van der Waals surface area contributed by atoms with Gasteiger partial charge in [-0.3, -0.25) is 0 Å². The second-order valence-electron chi connectivity index (χ2n) is 7.49. The highest BCUT2D eigenvalue weighted by Gasteiger charge is 2.40. The SMILES string of the molecule is Clc1ccc2c(c1)C1=C([C@@H](c3ccccc3)O2)[C@@H](c2ccc(Br)cc2)n2ncnc2N1. The maximum Gasteiger partial charge on any atom is 0.226 e. The lowest BCUT2D eigenvalue weighted by molar-refractivity contribution is 0.223. The topological polar surface area (TPSA) is 52.0 Å². The summed E-state index contributed by atoms with van der Waals surface area (Å²) >= 11 is 9.91. The number of hydrogen-bond donors (Lipinski definition) is 1. The first-order valence-corrected chi connectivity index (χ1v) is 11.0. The molecule has 0 spiro atoms. The second kappa shape index (κ2) is 7.25. The Morgan fingerprint density at radius 3 is 2.58 bits per heavy atom. The van der Waals surface area contributed by atoms with Gasteiger partial charge in [0.15, 0.2) is 0 Å². The zero-order valence-electron chi connectivity index (χ0n) is 16.2. The quantitative estimate of drug-likeness (QED) is 0.360. The maximum absolute atomic E-state index is 6.58. The van der Waals surface area contributed by atoms with Crippen LogP contribution in [0.2, 0.25) is 5.02 Å². The molecule has 1 aromatic heterocycles. The van der Waals surface area contributed by atoms with Gasteiger partial charge in [-0.1, -0.05) is 70.0 Å². The first-order valence-electron chi connectivity index (χ1n) is 9.86. The van der Waals surface area contributed by atoms with Gasteiger partial charge in [0.2, 0.25) is 5.95 Å². The van der Waals surface area contributed by atoms with Gasteiger partial charge in [-0.2, -0.15) is 10.1 Å². The Balaban J connectivity index is 1.64. The number of fused-ring (bicyclic) bond motifs is 3. The lowest BCUT2D eigenvalue weighted by Gasteiger charge is -2.39. The van der Waals surface area contributed by atoms with Gasteiger partial charge < -0.3 is 10.1 Å². The van der Waals surface area contributed by atoms with Gasteiger partial charge in [0, 0.05) is 20.6 Å². The van der Waals surface area contributed by atoms with Crippen LogP contribution in [-0.4, -0.2) is 14.8 Å². The minimum absolute atomic E-state index is 0.181. The molecule has 2 atom stereocenters. The normalized spacial score (nSPS) is 19.0. The van der Waals surface area contributed by atoms with Gasteiger partial charge in [0.05, 0.1) is 5.70 Å². The van der Waals surface area contributed by atoms with Crippen molar-refractivity contribution in [2.75, 3.05) is 5.32 Å². The van der Waals surface area contributed by atoms with Crippen LogP contribution in [0, 0.1) is 0 Å². The molecule has 0 unspecified atom stereocenters. The number of anilines is 1. The number of halogens is 2. The standard InChI is InChI=1S/C24H16BrClN4O/c25-16-8-6-14(7-9-16)22-20-21(29-24-27-13-28-30(22)24)18-12-17(26)10-11-19(18)31-23(20)15-4-2-1-3-5-15/h1-13,22-23H,(H,27,28,29)/t22-,23-/m1/s1. The van der Waals surface area contributed by atoms with Crippen molar-refractivity contribution in [3.8, 4) is 5.75 Å². The summed E-state index contributed by atoms with van der Waals surface area (Å²) in [6, 6.07) is 24.1. The zero-order valence-corrected chi connectivity index (χ0v) is 18.5. The summed E-state index contributed by atoms with van der Waals surface area (Å²) in [5.74, 6) is 1.47. The Morgan fingerprint density at radius 1 is 0.968 bits per heavy atom. The third kappa shape index (κ3) is 3.06. The Bertz CT molecular complexity index is 1320. The van der Waals surface area contributed by atoms with E-state index in [-0.39, 0.29) is 12.1 Å². The first kappa shape index (κ1) is 18.7. The number of aromatic nitrogens is 3. The van der Waals surface area contributed by atoms with E-state index in [1.165, 1.54) is 0 Å². The molecule has 3 heterocycles. The van der Waals surface area contributed by atoms with Crippen LogP contribution in [0.5, 0.6) is 5.75 Å². The summed E-state index contributed by atoms with van der Waals surface area (Å²) in [5, 5.41) is 8.69. The van der Waals surface area contributed by atoms with Crippen LogP contribution in [0.15, 0.2) is 89.2 Å². The number of nitrogens with zero attached hydrogens (tertiary/aromatic N) is 3. The fourth-order valence-electron chi connectivity index (χ4n) is 4.31. The number of rotatable bonds is 2. The van der Waals surface area contributed by atoms with Crippen molar-refractivity contribution in [1.82, 2.24) is 14.8 Å². The second-order valence-corrected chi connectivity index (χ2v) is 8.84. The van der Waals surface area contributed by atoms with Crippen molar-refractivity contribution in [2.45, 2.75) is 12.1 Å². The summed E-state index contributed by atoms with van der Waals surface area (Å²) in [6.45, 7) is 0. The minimum Gasteiger partial charge on any atom is -0.480 e. The number of nitrogens with one attached hydrogen (secondary N) is 1. The molecule has 0 saturated heterocycles. The van der Waals surface area contributed by atoms with Crippen molar-refractivity contribution in [2.24, 2.45) is 0 Å². The molecule has 7 heteroatoms. The number of benzene rings is 3. The maximum atomic E-state index is 6.58. The van der Waals surface area contributed by atoms with Gasteiger partial charge in [-0.15, -0.1) is 0 Å². The molecular weight excluding hydrogens is 476 g/mol. The predicted octanol–water partition coefficient (Wildman–Crippen LogP) is 6.25. The molecule has 0 bridgehead atoms. The van der Waals surface area contributed by atoms with Crippen LogP contribution in [0.3, 0.4) is 0 Å². The van der Waals surface area contributed by atoms with Crippen molar-refractivity contribution in [1.29, 1.82) is 0 Å². The van der Waals surface area contributed by atoms with Crippen LogP contribution in [0.1, 0.15) is 28.8 Å². The molecule has 0 aliphatic carbocycles. The monoisotopic (exact) mass is 490 g/mol. The summed E-state index contributed by atoms with van der Waals surface area (Å²) in [5.41, 5.74) is 5.13. The zero-order chi connectivity index (χ0) is 20.9. The predicted molar refractivity (Wildman–Crippen MR) is 124 cm³/mol. The molecule has 4 aromatic rings. The first-order chi connectivity index (χ1) is 15.2. The fourth-order valence-corrected chi connectivity index (χ4v) is 4.75. The van der Waals surface area contributed by atoms with Gasteiger partial charge in [-0.05, 0) is 41.5 Å². The lowest BCUT2D eigenvalue weighted by atomic mass is 9.84. The number of hydrogen-bond acceptors (Lipinski definition) is 4. The van der Waals surface area contributed by atoms with E-state index in [1.54, 1.807) is 6.33 Å². The van der Waals surface area contributed by atoms with E-state index in [0.29, 0.717) is 11.0 Å². The van der Waals surface area contributed by atoms with Crippen molar-refractivity contribution >= 4 is 39.2 Å². The van der Waals surface area contributed by atoms with E-state index in [0.717, 1.165) is 38.2 Å². The highest BCUT2D eigenvalue weighted by atomic mass is 79.9. The molecule has 0 amide bonds. The van der Waals surface area contributed by atoms with Crippen LogP contribution >= 0.6 is 27.5 Å². The third-order valence-corrected chi connectivity index (χ3v) is 6.43. The largest absolute Gasteiger partial charge is 0.480 e. The van der Waals surface area contributed by atoms with E-state index < -0.39 is 0 Å². The third-order valence-electron chi connectivity index (χ3n) is 5.66. The molecule has 0 fully saturated rings. The molecule has 2 aliphatic heterocycles.